The number of allylic oxidation sites excluding steroid dienone is 1. The zero-order chi connectivity index (χ0) is 18.2. The van der Waals surface area contributed by atoms with Gasteiger partial charge in [0.25, 0.3) is 0 Å². The van der Waals surface area contributed by atoms with Crippen LogP contribution < -0.4 is 5.32 Å². The van der Waals surface area contributed by atoms with Gasteiger partial charge < -0.3 is 5.32 Å². The van der Waals surface area contributed by atoms with E-state index in [9.17, 15) is 0 Å². The predicted molar refractivity (Wildman–Crippen MR) is 107 cm³/mol. The minimum atomic E-state index is 0.648. The van der Waals surface area contributed by atoms with Crippen molar-refractivity contribution in [3.8, 4) is 0 Å². The molecule has 1 N–H and O–H groups in total. The van der Waals surface area contributed by atoms with Crippen molar-refractivity contribution in [1.82, 2.24) is 9.97 Å². The van der Waals surface area contributed by atoms with Gasteiger partial charge in [-0.05, 0) is 44.4 Å². The predicted octanol–water partition coefficient (Wildman–Crippen LogP) is 5.01. The van der Waals surface area contributed by atoms with Crippen molar-refractivity contribution in [2.45, 2.75) is 27.2 Å². The van der Waals surface area contributed by atoms with Crippen LogP contribution in [0.5, 0.6) is 0 Å². The fourth-order valence-corrected chi connectivity index (χ4v) is 2.67. The van der Waals surface area contributed by atoms with Gasteiger partial charge in [-0.3, -0.25) is 15.0 Å². The maximum Gasteiger partial charge on any atom is 0.152 e. The number of anilines is 1. The van der Waals surface area contributed by atoms with Crippen molar-refractivity contribution < 1.29 is 0 Å². The van der Waals surface area contributed by atoms with Crippen LogP contribution in [0.3, 0.4) is 0 Å². The Balaban J connectivity index is 2.14. The van der Waals surface area contributed by atoms with Gasteiger partial charge in [0.15, 0.2) is 5.82 Å². The molecule has 0 aliphatic carbocycles. The van der Waals surface area contributed by atoms with Gasteiger partial charge in [-0.2, -0.15) is 0 Å². The highest BCUT2D eigenvalue weighted by atomic mass is 35.5. The number of rotatable bonds is 7. The second kappa shape index (κ2) is 9.08. The standard InChI is InChI=1S/C19H22ClN5/c1-5-9-22-17-13(3)7-10-23-19(17)24-11-8-15-12-25-14(4)18(16(15)20)21-6-2/h5-7,9-10,12H,1,8,11H2,2-4H3,(H,23,24)/b21-6-,22-9-. The van der Waals surface area contributed by atoms with Crippen molar-refractivity contribution in [3.05, 3.63) is 53.0 Å². The van der Waals surface area contributed by atoms with Gasteiger partial charge in [-0.25, -0.2) is 4.98 Å². The summed E-state index contributed by atoms with van der Waals surface area (Å²) >= 11 is 6.47. The highest BCUT2D eigenvalue weighted by Gasteiger charge is 2.10. The average molecular weight is 356 g/mol. The maximum absolute atomic E-state index is 6.47. The van der Waals surface area contributed by atoms with Gasteiger partial charge in [-0.1, -0.05) is 24.3 Å². The van der Waals surface area contributed by atoms with Gasteiger partial charge in [-0.15, -0.1) is 0 Å². The van der Waals surface area contributed by atoms with Crippen molar-refractivity contribution in [2.75, 3.05) is 11.9 Å². The molecule has 0 saturated carbocycles. The molecule has 0 saturated heterocycles. The molecule has 25 heavy (non-hydrogen) atoms. The van der Waals surface area contributed by atoms with Crippen LogP contribution in [-0.4, -0.2) is 28.9 Å². The quantitative estimate of drug-likeness (QED) is 0.710. The third kappa shape index (κ3) is 4.73. The lowest BCUT2D eigenvalue weighted by Gasteiger charge is -2.12. The third-order valence-corrected chi connectivity index (χ3v) is 4.05. The van der Waals surface area contributed by atoms with Gasteiger partial charge in [0.2, 0.25) is 0 Å². The second-order valence-corrected chi connectivity index (χ2v) is 5.81. The Morgan fingerprint density at radius 2 is 2.04 bits per heavy atom. The number of aliphatic imine (C=N–C) groups is 2. The third-order valence-electron chi connectivity index (χ3n) is 3.63. The number of hydrogen-bond donors (Lipinski definition) is 1. The summed E-state index contributed by atoms with van der Waals surface area (Å²) in [6.07, 6.45) is 9.29. The molecule has 2 heterocycles. The first-order valence-electron chi connectivity index (χ1n) is 8.05. The summed E-state index contributed by atoms with van der Waals surface area (Å²) < 4.78 is 0. The molecular weight excluding hydrogens is 334 g/mol. The molecule has 0 atom stereocenters. The summed E-state index contributed by atoms with van der Waals surface area (Å²) in [5.41, 5.74) is 4.36. The fraction of sp³-hybridized carbons (Fsp3) is 0.263. The van der Waals surface area contributed by atoms with Crippen LogP contribution >= 0.6 is 11.6 Å². The molecule has 0 spiro atoms. The lowest BCUT2D eigenvalue weighted by Crippen LogP contribution is -2.08. The van der Waals surface area contributed by atoms with Gasteiger partial charge in [0.1, 0.15) is 11.4 Å². The van der Waals surface area contributed by atoms with Crippen molar-refractivity contribution in [1.29, 1.82) is 0 Å². The summed E-state index contributed by atoms with van der Waals surface area (Å²) in [7, 11) is 0. The minimum absolute atomic E-state index is 0.648. The molecular formula is C19H22ClN5. The van der Waals surface area contributed by atoms with E-state index in [4.69, 9.17) is 11.6 Å². The Bertz CT molecular complexity index is 812. The number of aryl methyl sites for hydroxylation is 2. The van der Waals surface area contributed by atoms with Crippen molar-refractivity contribution in [3.63, 3.8) is 0 Å². The lowest BCUT2D eigenvalue weighted by atomic mass is 10.1. The molecule has 130 valence electrons. The second-order valence-electron chi connectivity index (χ2n) is 5.43. The fourth-order valence-electron chi connectivity index (χ4n) is 2.34. The van der Waals surface area contributed by atoms with Crippen LogP contribution in [0.25, 0.3) is 0 Å². The van der Waals surface area contributed by atoms with Crippen LogP contribution in [0.4, 0.5) is 17.2 Å². The molecule has 2 aromatic rings. The van der Waals surface area contributed by atoms with Crippen LogP contribution in [-0.2, 0) is 6.42 Å². The molecule has 0 amide bonds. The molecule has 0 radical (unpaired) electrons. The summed E-state index contributed by atoms with van der Waals surface area (Å²) in [4.78, 5) is 17.5. The van der Waals surface area contributed by atoms with E-state index in [-0.39, 0.29) is 0 Å². The van der Waals surface area contributed by atoms with Crippen LogP contribution in [0, 0.1) is 13.8 Å². The minimum Gasteiger partial charge on any atom is -0.368 e. The number of aromatic nitrogens is 2. The zero-order valence-corrected chi connectivity index (χ0v) is 15.5. The van der Waals surface area contributed by atoms with Crippen molar-refractivity contribution in [2.24, 2.45) is 9.98 Å². The van der Waals surface area contributed by atoms with Gasteiger partial charge in [0.05, 0.1) is 10.7 Å². The largest absolute Gasteiger partial charge is 0.368 e. The Morgan fingerprint density at radius 3 is 2.76 bits per heavy atom. The van der Waals surface area contributed by atoms with Crippen molar-refractivity contribution >= 4 is 41.2 Å². The SMILES string of the molecule is C=C/C=N\c1c(C)ccnc1NCCc1cnc(C)c(/N=C\C)c1Cl. The normalized spacial score (nSPS) is 11.4. The molecule has 0 fully saturated rings. The summed E-state index contributed by atoms with van der Waals surface area (Å²) in [5.74, 6) is 0.737. The summed E-state index contributed by atoms with van der Waals surface area (Å²) in [6.45, 7) is 10.1. The Hall–Kier alpha value is -2.53. The molecule has 2 rings (SSSR count). The molecule has 6 heteroatoms. The smallest absolute Gasteiger partial charge is 0.152 e. The van der Waals surface area contributed by atoms with E-state index in [1.54, 1.807) is 30.9 Å². The first kappa shape index (κ1) is 18.8. The molecule has 2 aromatic heterocycles. The summed E-state index contributed by atoms with van der Waals surface area (Å²) in [5, 5.41) is 3.97. The van der Waals surface area contributed by atoms with Crippen LogP contribution in [0.2, 0.25) is 5.02 Å². The van der Waals surface area contributed by atoms with E-state index in [0.717, 1.165) is 34.0 Å². The highest BCUT2D eigenvalue weighted by molar-refractivity contribution is 6.34. The number of nitrogens with zero attached hydrogens (tertiary/aromatic N) is 4. The number of halogens is 1. The lowest BCUT2D eigenvalue weighted by molar-refractivity contribution is 0.985. The topological polar surface area (TPSA) is 62.5 Å². The van der Waals surface area contributed by atoms with Gasteiger partial charge in [0, 0.05) is 31.4 Å². The number of pyridine rings is 2. The molecule has 0 aromatic carbocycles. The van der Waals surface area contributed by atoms with Crippen LogP contribution in [0.15, 0.2) is 41.1 Å². The average Bonchev–Trinajstić information content (AvgIpc) is 2.60. The Kier molecular flexibility index (Phi) is 6.83. The van der Waals surface area contributed by atoms with E-state index in [2.05, 4.69) is 31.8 Å². The first-order valence-corrected chi connectivity index (χ1v) is 8.43. The number of nitrogens with one attached hydrogen (secondary N) is 1. The molecule has 0 unspecified atom stereocenters. The molecule has 5 nitrogen and oxygen atoms in total. The van der Waals surface area contributed by atoms with E-state index in [0.29, 0.717) is 18.0 Å². The monoisotopic (exact) mass is 355 g/mol. The van der Waals surface area contributed by atoms with E-state index in [1.807, 2.05) is 26.8 Å². The van der Waals surface area contributed by atoms with E-state index >= 15 is 0 Å². The highest BCUT2D eigenvalue weighted by Crippen LogP contribution is 2.31. The van der Waals surface area contributed by atoms with Gasteiger partial charge >= 0.3 is 0 Å². The molecule has 0 bridgehead atoms. The molecule has 0 aliphatic rings. The Labute approximate surface area is 153 Å². The zero-order valence-electron chi connectivity index (χ0n) is 14.8. The van der Waals surface area contributed by atoms with Crippen LogP contribution in [0.1, 0.15) is 23.7 Å². The maximum atomic E-state index is 6.47. The molecule has 0 aliphatic heterocycles. The summed E-state index contributed by atoms with van der Waals surface area (Å²) in [6, 6.07) is 1.93. The number of hydrogen-bond acceptors (Lipinski definition) is 5. The van der Waals surface area contributed by atoms with E-state index in [1.165, 1.54) is 0 Å². The Morgan fingerprint density at radius 1 is 1.24 bits per heavy atom. The van der Waals surface area contributed by atoms with E-state index < -0.39 is 0 Å². The first-order chi connectivity index (χ1) is 12.1.